The number of allylic oxidation sites excluding steroid dienone is 2. The zero-order chi connectivity index (χ0) is 14.4. The Labute approximate surface area is 114 Å². The van der Waals surface area contributed by atoms with E-state index in [4.69, 9.17) is 0 Å². The number of rotatable bonds is 6. The van der Waals surface area contributed by atoms with Gasteiger partial charge in [-0.05, 0) is 25.2 Å². The Morgan fingerprint density at radius 2 is 2.11 bits per heavy atom. The van der Waals surface area contributed by atoms with Gasteiger partial charge in [0, 0.05) is 17.5 Å². The van der Waals surface area contributed by atoms with E-state index in [9.17, 15) is 4.79 Å². The first-order valence-electron chi connectivity index (χ1n) is 6.67. The molecule has 0 fully saturated rings. The Hall–Kier alpha value is -1.78. The van der Waals surface area contributed by atoms with Crippen LogP contribution in [-0.2, 0) is 0 Å². The van der Waals surface area contributed by atoms with Crippen molar-refractivity contribution < 1.29 is 0 Å². The maximum atomic E-state index is 11.3. The van der Waals surface area contributed by atoms with Gasteiger partial charge in [0.15, 0.2) is 0 Å². The smallest absolute Gasteiger partial charge is 0.252 e. The van der Waals surface area contributed by atoms with Gasteiger partial charge in [-0.15, -0.1) is 0 Å². The van der Waals surface area contributed by atoms with Gasteiger partial charge in [-0.1, -0.05) is 33.8 Å². The Morgan fingerprint density at radius 1 is 1.42 bits per heavy atom. The fraction of sp³-hybridized carbons (Fsp3) is 0.571. The maximum Gasteiger partial charge on any atom is 0.252 e. The molecule has 5 heteroatoms. The Kier molecular flexibility index (Phi) is 5.60. The first-order chi connectivity index (χ1) is 8.86. The van der Waals surface area contributed by atoms with Crippen LogP contribution in [0.2, 0.25) is 0 Å². The highest BCUT2D eigenvalue weighted by Crippen LogP contribution is 2.11. The third-order valence-electron chi connectivity index (χ3n) is 2.37. The average Bonchev–Trinajstić information content (AvgIpc) is 2.23. The zero-order valence-electron chi connectivity index (χ0n) is 12.4. The molecule has 0 aliphatic heterocycles. The van der Waals surface area contributed by atoms with E-state index < -0.39 is 0 Å². The van der Waals surface area contributed by atoms with E-state index in [1.807, 2.05) is 0 Å². The van der Waals surface area contributed by atoms with Gasteiger partial charge in [0.1, 0.15) is 0 Å². The molecule has 5 nitrogen and oxygen atoms in total. The lowest BCUT2D eigenvalue weighted by molar-refractivity contribution is 0.607. The number of anilines is 1. The molecule has 0 aromatic carbocycles. The van der Waals surface area contributed by atoms with Gasteiger partial charge >= 0.3 is 0 Å². The minimum Gasteiger partial charge on any atom is -0.303 e. The number of hydrazine groups is 1. The molecule has 0 atom stereocenters. The second-order valence-electron chi connectivity index (χ2n) is 5.52. The maximum absolute atomic E-state index is 11.3. The summed E-state index contributed by atoms with van der Waals surface area (Å²) in [6, 6.07) is 1.46. The molecule has 0 unspecified atom stereocenters. The number of aromatic amines is 1. The number of H-pyrrole nitrogens is 1. The van der Waals surface area contributed by atoms with Crippen LogP contribution in [0.15, 0.2) is 22.6 Å². The fourth-order valence-electron chi connectivity index (χ4n) is 1.78. The third kappa shape index (κ3) is 6.08. The normalized spacial score (nSPS) is 12.1. The molecule has 0 saturated heterocycles. The molecule has 1 heterocycles. The summed E-state index contributed by atoms with van der Waals surface area (Å²) >= 11 is 0. The van der Waals surface area contributed by atoms with Crippen molar-refractivity contribution in [3.63, 3.8) is 0 Å². The second-order valence-corrected chi connectivity index (χ2v) is 5.52. The predicted molar refractivity (Wildman–Crippen MR) is 78.7 cm³/mol. The lowest BCUT2D eigenvalue weighted by Gasteiger charge is -2.15. The van der Waals surface area contributed by atoms with Crippen molar-refractivity contribution in [3.05, 3.63) is 33.9 Å². The third-order valence-corrected chi connectivity index (χ3v) is 2.37. The van der Waals surface area contributed by atoms with Crippen LogP contribution in [0, 0.1) is 18.8 Å². The van der Waals surface area contributed by atoms with E-state index in [0.29, 0.717) is 23.5 Å². The highest BCUT2D eigenvalue weighted by atomic mass is 16.1. The van der Waals surface area contributed by atoms with Crippen LogP contribution < -0.4 is 16.4 Å². The minimum absolute atomic E-state index is 0.157. The van der Waals surface area contributed by atoms with Gasteiger partial charge in [0.25, 0.3) is 5.56 Å². The van der Waals surface area contributed by atoms with Gasteiger partial charge in [0.2, 0.25) is 5.95 Å². The molecule has 0 radical (unpaired) electrons. The summed E-state index contributed by atoms with van der Waals surface area (Å²) in [5, 5.41) is 0. The predicted octanol–water partition coefficient (Wildman–Crippen LogP) is 2.58. The van der Waals surface area contributed by atoms with Gasteiger partial charge in [-0.3, -0.25) is 15.2 Å². The molecular weight excluding hydrogens is 240 g/mol. The first-order valence-corrected chi connectivity index (χ1v) is 6.67. The van der Waals surface area contributed by atoms with E-state index >= 15 is 0 Å². The van der Waals surface area contributed by atoms with Gasteiger partial charge in [-0.2, -0.15) is 0 Å². The molecule has 0 spiro atoms. The van der Waals surface area contributed by atoms with E-state index in [1.54, 1.807) is 6.92 Å². The van der Waals surface area contributed by atoms with Crippen molar-refractivity contribution in [3.8, 4) is 0 Å². The van der Waals surface area contributed by atoms with Gasteiger partial charge < -0.3 is 5.43 Å². The van der Waals surface area contributed by atoms with E-state index in [-0.39, 0.29) is 5.56 Å². The molecule has 0 saturated carbocycles. The minimum atomic E-state index is -0.157. The average molecular weight is 264 g/mol. The summed E-state index contributed by atoms with van der Waals surface area (Å²) in [5.74, 6) is 1.46. The number of hydrogen-bond acceptors (Lipinski definition) is 4. The SMILES string of the molecule is Cc1cc(=O)[nH]c(NN/C(=C\C(C)C)CC(C)C)n1. The molecule has 1 aromatic heterocycles. The van der Waals surface area contributed by atoms with Crippen LogP contribution in [0.3, 0.4) is 0 Å². The van der Waals surface area contributed by atoms with Crippen molar-refractivity contribution in [2.75, 3.05) is 5.43 Å². The van der Waals surface area contributed by atoms with Gasteiger partial charge in [-0.25, -0.2) is 4.98 Å². The highest BCUT2D eigenvalue weighted by Gasteiger charge is 2.03. The van der Waals surface area contributed by atoms with Crippen molar-refractivity contribution in [1.29, 1.82) is 0 Å². The zero-order valence-corrected chi connectivity index (χ0v) is 12.4. The summed E-state index contributed by atoms with van der Waals surface area (Å²) < 4.78 is 0. The van der Waals surface area contributed by atoms with Crippen molar-refractivity contribution in [2.45, 2.75) is 41.0 Å². The molecule has 106 valence electrons. The van der Waals surface area contributed by atoms with Crippen LogP contribution in [0.5, 0.6) is 0 Å². The summed E-state index contributed by atoms with van der Waals surface area (Å²) in [5.41, 5.74) is 7.72. The quantitative estimate of drug-likeness (QED) is 0.691. The van der Waals surface area contributed by atoms with Gasteiger partial charge in [0.05, 0.1) is 0 Å². The number of nitrogens with one attached hydrogen (secondary N) is 3. The van der Waals surface area contributed by atoms with Crippen molar-refractivity contribution in [2.24, 2.45) is 11.8 Å². The molecule has 19 heavy (non-hydrogen) atoms. The molecule has 0 aliphatic rings. The lowest BCUT2D eigenvalue weighted by atomic mass is 10.1. The Morgan fingerprint density at radius 3 is 2.63 bits per heavy atom. The summed E-state index contributed by atoms with van der Waals surface area (Å²) in [6.45, 7) is 10.4. The monoisotopic (exact) mass is 264 g/mol. The Balaban J connectivity index is 2.73. The summed E-state index contributed by atoms with van der Waals surface area (Å²) in [4.78, 5) is 18.2. The van der Waals surface area contributed by atoms with Crippen LogP contribution in [-0.4, -0.2) is 9.97 Å². The molecule has 0 bridgehead atoms. The van der Waals surface area contributed by atoms with E-state index in [2.05, 4.69) is 54.6 Å². The van der Waals surface area contributed by atoms with E-state index in [1.165, 1.54) is 6.07 Å². The molecule has 1 aromatic rings. The largest absolute Gasteiger partial charge is 0.303 e. The summed E-state index contributed by atoms with van der Waals surface area (Å²) in [7, 11) is 0. The molecule has 0 aliphatic carbocycles. The van der Waals surface area contributed by atoms with Crippen LogP contribution in [0.4, 0.5) is 5.95 Å². The Bertz CT molecular complexity index is 488. The van der Waals surface area contributed by atoms with Crippen LogP contribution in [0.25, 0.3) is 0 Å². The second kappa shape index (κ2) is 6.97. The summed E-state index contributed by atoms with van der Waals surface area (Å²) in [6.07, 6.45) is 3.11. The van der Waals surface area contributed by atoms with Crippen LogP contribution in [0.1, 0.15) is 39.8 Å². The molecular formula is C14H24N4O. The topological polar surface area (TPSA) is 69.8 Å². The highest BCUT2D eigenvalue weighted by molar-refractivity contribution is 5.24. The number of aryl methyl sites for hydroxylation is 1. The standard InChI is InChI=1S/C14H24N4O/c1-9(2)6-12(7-10(3)4)17-18-14-15-11(5)8-13(19)16-14/h6,8-10,17H,7H2,1-5H3,(H2,15,16,18,19)/b12-6-. The fourth-order valence-corrected chi connectivity index (χ4v) is 1.78. The molecule has 0 amide bonds. The molecule has 3 N–H and O–H groups in total. The molecule has 1 rings (SSSR count). The number of hydrogen-bond donors (Lipinski definition) is 3. The first kappa shape index (κ1) is 15.3. The van der Waals surface area contributed by atoms with Crippen LogP contribution >= 0.6 is 0 Å². The van der Waals surface area contributed by atoms with Crippen molar-refractivity contribution >= 4 is 5.95 Å². The van der Waals surface area contributed by atoms with Crippen molar-refractivity contribution in [1.82, 2.24) is 15.4 Å². The van der Waals surface area contributed by atoms with E-state index in [0.717, 1.165) is 12.1 Å². The number of nitrogens with zero attached hydrogens (tertiary/aromatic N) is 1. The number of aromatic nitrogens is 2. The lowest BCUT2D eigenvalue weighted by Crippen LogP contribution is -2.25.